The minimum Gasteiger partial charge on any atom is -0.453 e. The van der Waals surface area contributed by atoms with Crippen molar-refractivity contribution in [2.45, 2.75) is 0 Å². The maximum absolute atomic E-state index is 12.8. The molecule has 0 aliphatic rings. The highest BCUT2D eigenvalue weighted by Crippen LogP contribution is 2.28. The highest BCUT2D eigenvalue weighted by Gasteiger charge is 2.14. The van der Waals surface area contributed by atoms with E-state index in [4.69, 9.17) is 16.3 Å². The van der Waals surface area contributed by atoms with Crippen molar-refractivity contribution in [1.29, 1.82) is 0 Å². The highest BCUT2D eigenvalue weighted by atomic mass is 35.5. The summed E-state index contributed by atoms with van der Waals surface area (Å²) in [5.41, 5.74) is 1.47. The van der Waals surface area contributed by atoms with Gasteiger partial charge >= 0.3 is 0 Å². The number of carbonyl (C=O) groups is 1. The summed E-state index contributed by atoms with van der Waals surface area (Å²) in [7, 11) is -3.50. The molecule has 0 atom stereocenters. The quantitative estimate of drug-likeness (QED) is 0.404. The summed E-state index contributed by atoms with van der Waals surface area (Å²) in [6.07, 6.45) is 7.24. The third-order valence-corrected chi connectivity index (χ3v) is 5.10. The van der Waals surface area contributed by atoms with Gasteiger partial charge in [0.2, 0.25) is 10.0 Å². The van der Waals surface area contributed by atoms with Gasteiger partial charge in [0, 0.05) is 23.1 Å². The average Bonchev–Trinajstić information content (AvgIpc) is 3.23. The molecule has 1 amide bonds. The summed E-state index contributed by atoms with van der Waals surface area (Å²) >= 11 is 6.06. The number of nitrogens with zero attached hydrogens (tertiary/aromatic N) is 3. The van der Waals surface area contributed by atoms with E-state index in [1.807, 2.05) is 12.1 Å². The number of pyridine rings is 1. The first kappa shape index (κ1) is 22.3. The third kappa shape index (κ3) is 5.88. The molecule has 2 aromatic carbocycles. The van der Waals surface area contributed by atoms with Crippen LogP contribution in [0, 0.1) is 0 Å². The molecule has 0 fully saturated rings. The van der Waals surface area contributed by atoms with Crippen molar-refractivity contribution in [1.82, 2.24) is 14.8 Å². The van der Waals surface area contributed by atoms with Crippen LogP contribution in [0.15, 0.2) is 79.4 Å². The molecule has 0 radical (unpaired) electrons. The minimum atomic E-state index is -3.50. The lowest BCUT2D eigenvalue weighted by molar-refractivity contribution is 0.102. The Labute approximate surface area is 195 Å². The number of sulfonamides is 1. The number of aromatic nitrogens is 3. The fraction of sp³-hybridized carbons (Fsp3) is 0.0455. The Morgan fingerprint density at radius 2 is 1.85 bits per heavy atom. The molecule has 0 unspecified atom stereocenters. The predicted molar refractivity (Wildman–Crippen MR) is 126 cm³/mol. The van der Waals surface area contributed by atoms with Gasteiger partial charge < -0.3 is 10.1 Å². The van der Waals surface area contributed by atoms with Crippen LogP contribution in [0.4, 0.5) is 11.4 Å². The second-order valence-corrected chi connectivity index (χ2v) is 9.17. The van der Waals surface area contributed by atoms with E-state index < -0.39 is 15.9 Å². The Morgan fingerprint density at radius 3 is 2.61 bits per heavy atom. The van der Waals surface area contributed by atoms with Crippen LogP contribution in [0.5, 0.6) is 11.5 Å². The second kappa shape index (κ2) is 9.31. The summed E-state index contributed by atoms with van der Waals surface area (Å²) in [6, 6.07) is 15.2. The van der Waals surface area contributed by atoms with Crippen LogP contribution in [-0.2, 0) is 10.0 Å². The van der Waals surface area contributed by atoms with Gasteiger partial charge in [-0.05, 0) is 42.5 Å². The molecule has 33 heavy (non-hydrogen) atoms. The number of ether oxygens (including phenoxy) is 1. The number of halogens is 1. The monoisotopic (exact) mass is 483 g/mol. The van der Waals surface area contributed by atoms with Gasteiger partial charge in [0.25, 0.3) is 5.91 Å². The van der Waals surface area contributed by atoms with Crippen LogP contribution in [0.25, 0.3) is 5.69 Å². The van der Waals surface area contributed by atoms with Crippen molar-refractivity contribution >= 4 is 38.9 Å². The minimum absolute atomic E-state index is 0.234. The van der Waals surface area contributed by atoms with Gasteiger partial charge in [0.1, 0.15) is 11.4 Å². The summed E-state index contributed by atoms with van der Waals surface area (Å²) in [4.78, 5) is 16.8. The van der Waals surface area contributed by atoms with Crippen molar-refractivity contribution in [3.05, 3.63) is 90.0 Å². The molecule has 2 N–H and O–H groups in total. The maximum atomic E-state index is 12.8. The molecule has 0 saturated heterocycles. The summed E-state index contributed by atoms with van der Waals surface area (Å²) in [5.74, 6) is 0.654. The van der Waals surface area contributed by atoms with Crippen molar-refractivity contribution in [2.75, 3.05) is 16.3 Å². The lowest BCUT2D eigenvalue weighted by Crippen LogP contribution is -2.13. The van der Waals surface area contributed by atoms with Gasteiger partial charge in [-0.25, -0.2) is 13.1 Å². The molecule has 2 aromatic heterocycles. The summed E-state index contributed by atoms with van der Waals surface area (Å²) < 4.78 is 32.7. The number of nitrogens with one attached hydrogen (secondary N) is 2. The van der Waals surface area contributed by atoms with Crippen LogP contribution in [0.2, 0.25) is 5.02 Å². The number of amides is 1. The van der Waals surface area contributed by atoms with Gasteiger partial charge in [0.05, 0.1) is 29.9 Å². The van der Waals surface area contributed by atoms with Gasteiger partial charge in [-0.3, -0.25) is 14.5 Å². The van der Waals surface area contributed by atoms with Gasteiger partial charge in [0.15, 0.2) is 5.75 Å². The number of para-hydroxylation sites is 2. The summed E-state index contributed by atoms with van der Waals surface area (Å²) in [6.45, 7) is 0. The molecule has 0 spiro atoms. The van der Waals surface area contributed by atoms with Gasteiger partial charge in [-0.2, -0.15) is 5.10 Å². The first-order chi connectivity index (χ1) is 15.8. The number of anilines is 2. The molecule has 4 rings (SSSR count). The Bertz CT molecular complexity index is 1410. The number of hydrogen-bond acceptors (Lipinski definition) is 6. The van der Waals surface area contributed by atoms with E-state index in [1.54, 1.807) is 42.9 Å². The van der Waals surface area contributed by atoms with Crippen LogP contribution < -0.4 is 14.8 Å². The zero-order chi connectivity index (χ0) is 23.4. The number of carbonyl (C=O) groups excluding carboxylic acids is 1. The highest BCUT2D eigenvalue weighted by molar-refractivity contribution is 7.92. The van der Waals surface area contributed by atoms with Crippen molar-refractivity contribution < 1.29 is 17.9 Å². The van der Waals surface area contributed by atoms with E-state index in [9.17, 15) is 13.2 Å². The van der Waals surface area contributed by atoms with Gasteiger partial charge in [-0.15, -0.1) is 0 Å². The zero-order valence-electron chi connectivity index (χ0n) is 17.3. The molecular formula is C22H18ClN5O4S. The van der Waals surface area contributed by atoms with Crippen LogP contribution >= 0.6 is 11.6 Å². The van der Waals surface area contributed by atoms with Crippen LogP contribution in [0.3, 0.4) is 0 Å². The maximum Gasteiger partial charge on any atom is 0.258 e. The fourth-order valence-corrected chi connectivity index (χ4v) is 3.76. The normalized spacial score (nSPS) is 11.1. The lowest BCUT2D eigenvalue weighted by Gasteiger charge is -2.10. The predicted octanol–water partition coefficient (Wildman–Crippen LogP) is 4.34. The molecule has 0 saturated carbocycles. The fourth-order valence-electron chi connectivity index (χ4n) is 2.98. The number of benzene rings is 2. The Morgan fingerprint density at radius 1 is 1.06 bits per heavy atom. The molecule has 0 aliphatic carbocycles. The number of hydrogen-bond donors (Lipinski definition) is 2. The zero-order valence-corrected chi connectivity index (χ0v) is 18.8. The Balaban J connectivity index is 1.55. The molecule has 11 heteroatoms. The Hall–Kier alpha value is -3.89. The van der Waals surface area contributed by atoms with Crippen molar-refractivity contribution in [3.63, 3.8) is 0 Å². The summed E-state index contributed by atoms with van der Waals surface area (Å²) in [5, 5.41) is 7.23. The standard InChI is InChI=1S/C22H18ClN5O4S/c1-33(30,31)27-18-10-16(23)9-17(11-18)26-22(29)15-12-25-28(14-15)20-6-2-3-7-21(20)32-19-5-4-8-24-13-19/h2-14,27H,1H3,(H,26,29). The van der Waals surface area contributed by atoms with E-state index >= 15 is 0 Å². The van der Waals surface area contributed by atoms with Gasteiger partial charge in [-0.1, -0.05) is 23.7 Å². The molecule has 9 nitrogen and oxygen atoms in total. The van der Waals surface area contributed by atoms with E-state index in [1.165, 1.54) is 29.1 Å². The van der Waals surface area contributed by atoms with E-state index in [0.717, 1.165) is 6.26 Å². The van der Waals surface area contributed by atoms with Crippen LogP contribution in [-0.4, -0.2) is 35.3 Å². The smallest absolute Gasteiger partial charge is 0.258 e. The third-order valence-electron chi connectivity index (χ3n) is 4.28. The molecule has 0 bridgehead atoms. The molecule has 2 heterocycles. The SMILES string of the molecule is CS(=O)(=O)Nc1cc(Cl)cc(NC(=O)c2cnn(-c3ccccc3Oc3cccnc3)c2)c1. The van der Waals surface area contributed by atoms with Crippen molar-refractivity contribution in [2.24, 2.45) is 0 Å². The molecule has 168 valence electrons. The molecule has 0 aliphatic heterocycles. The largest absolute Gasteiger partial charge is 0.453 e. The second-order valence-electron chi connectivity index (χ2n) is 6.99. The first-order valence-electron chi connectivity index (χ1n) is 9.58. The van der Waals surface area contributed by atoms with E-state index in [0.29, 0.717) is 22.9 Å². The molecule has 4 aromatic rings. The Kier molecular flexibility index (Phi) is 6.29. The van der Waals surface area contributed by atoms with Crippen molar-refractivity contribution in [3.8, 4) is 17.2 Å². The average molecular weight is 484 g/mol. The molecular weight excluding hydrogens is 466 g/mol. The first-order valence-corrected chi connectivity index (χ1v) is 11.9. The number of rotatable bonds is 7. The van der Waals surface area contributed by atoms with Crippen LogP contribution in [0.1, 0.15) is 10.4 Å². The van der Waals surface area contributed by atoms with E-state index in [-0.39, 0.29) is 16.3 Å². The van der Waals surface area contributed by atoms with E-state index in [2.05, 4.69) is 20.1 Å². The lowest BCUT2D eigenvalue weighted by atomic mass is 10.2. The topological polar surface area (TPSA) is 115 Å².